The number of aromatic nitrogens is 2. The highest BCUT2D eigenvalue weighted by atomic mass is 32.2. The number of likely N-dealkylation sites (N-methyl/N-ethyl adjacent to an activating group) is 1. The van der Waals surface area contributed by atoms with Crippen molar-refractivity contribution in [3.05, 3.63) is 30.2 Å². The molecule has 0 aliphatic heterocycles. The van der Waals surface area contributed by atoms with E-state index in [0.717, 1.165) is 30.7 Å². The fraction of sp³-hybridized carbons (Fsp3) is 0.500. The Labute approximate surface area is 130 Å². The predicted octanol–water partition coefficient (Wildman–Crippen LogP) is 3.78. The first kappa shape index (κ1) is 16.0. The summed E-state index contributed by atoms with van der Waals surface area (Å²) in [5, 5.41) is 7.51. The fourth-order valence-electron chi connectivity index (χ4n) is 2.18. The molecule has 0 aliphatic rings. The van der Waals surface area contributed by atoms with Gasteiger partial charge in [0.05, 0.1) is 0 Å². The number of benzene rings is 1. The van der Waals surface area contributed by atoms with Crippen LogP contribution in [0.1, 0.15) is 33.1 Å². The highest BCUT2D eigenvalue weighted by Gasteiger charge is 2.13. The number of thioether (sulfide) groups is 1. The van der Waals surface area contributed by atoms with Crippen molar-refractivity contribution in [1.82, 2.24) is 15.5 Å². The molecule has 0 spiro atoms. The third-order valence-corrected chi connectivity index (χ3v) is 4.19. The van der Waals surface area contributed by atoms with Crippen molar-refractivity contribution in [1.29, 1.82) is 0 Å². The van der Waals surface area contributed by atoms with Gasteiger partial charge >= 0.3 is 0 Å². The van der Waals surface area contributed by atoms with Crippen LogP contribution in [0.5, 0.6) is 0 Å². The highest BCUT2D eigenvalue weighted by Crippen LogP contribution is 2.22. The summed E-state index contributed by atoms with van der Waals surface area (Å²) in [4.78, 5) is 5.77. The van der Waals surface area contributed by atoms with Gasteiger partial charge in [0, 0.05) is 22.9 Å². The minimum atomic E-state index is 0.395. The standard InChI is InChI=1S/C16H23N3OS/c1-4-13(17-5-2)11-15-18-16(19-20-15)12-7-9-14(10-8-12)21-6-3/h7-10,13,17H,4-6,11H2,1-3H3. The minimum absolute atomic E-state index is 0.395. The van der Waals surface area contributed by atoms with E-state index in [-0.39, 0.29) is 0 Å². The van der Waals surface area contributed by atoms with Crippen LogP contribution in [0.15, 0.2) is 33.7 Å². The van der Waals surface area contributed by atoms with Crippen molar-refractivity contribution >= 4 is 11.8 Å². The summed E-state index contributed by atoms with van der Waals surface area (Å²) in [5.41, 5.74) is 1.00. The van der Waals surface area contributed by atoms with E-state index >= 15 is 0 Å². The zero-order valence-corrected chi connectivity index (χ0v) is 13.7. The molecule has 0 aliphatic carbocycles. The molecule has 0 saturated heterocycles. The van der Waals surface area contributed by atoms with Crippen molar-refractivity contribution in [3.63, 3.8) is 0 Å². The number of hydrogen-bond acceptors (Lipinski definition) is 5. The Hall–Kier alpha value is -1.33. The van der Waals surface area contributed by atoms with Crippen molar-refractivity contribution < 1.29 is 4.52 Å². The van der Waals surface area contributed by atoms with Gasteiger partial charge in [-0.1, -0.05) is 25.9 Å². The average molecular weight is 305 g/mol. The lowest BCUT2D eigenvalue weighted by Crippen LogP contribution is -2.30. The minimum Gasteiger partial charge on any atom is -0.339 e. The van der Waals surface area contributed by atoms with Crippen molar-refractivity contribution in [2.45, 2.75) is 44.6 Å². The van der Waals surface area contributed by atoms with Crippen LogP contribution >= 0.6 is 11.8 Å². The molecule has 0 fully saturated rings. The monoisotopic (exact) mass is 305 g/mol. The highest BCUT2D eigenvalue weighted by molar-refractivity contribution is 7.99. The maximum Gasteiger partial charge on any atom is 0.228 e. The number of hydrogen-bond donors (Lipinski definition) is 1. The smallest absolute Gasteiger partial charge is 0.228 e. The Kier molecular flexibility index (Phi) is 6.26. The van der Waals surface area contributed by atoms with E-state index in [0.29, 0.717) is 17.8 Å². The molecule has 0 amide bonds. The molecule has 1 unspecified atom stereocenters. The van der Waals surface area contributed by atoms with Crippen LogP contribution < -0.4 is 5.32 Å². The maximum atomic E-state index is 5.37. The Morgan fingerprint density at radius 2 is 1.95 bits per heavy atom. The molecule has 1 heterocycles. The first-order valence-electron chi connectivity index (χ1n) is 7.56. The van der Waals surface area contributed by atoms with Gasteiger partial charge < -0.3 is 9.84 Å². The molecule has 4 nitrogen and oxygen atoms in total. The Morgan fingerprint density at radius 1 is 1.19 bits per heavy atom. The molecule has 2 rings (SSSR count). The topological polar surface area (TPSA) is 51.0 Å². The Balaban J connectivity index is 2.04. The van der Waals surface area contributed by atoms with Gasteiger partial charge in [-0.15, -0.1) is 11.8 Å². The second-order valence-electron chi connectivity index (χ2n) is 4.84. The van der Waals surface area contributed by atoms with Gasteiger partial charge in [0.15, 0.2) is 0 Å². The van der Waals surface area contributed by atoms with Crippen LogP contribution in [0.25, 0.3) is 11.4 Å². The van der Waals surface area contributed by atoms with Gasteiger partial charge in [-0.05, 0) is 43.0 Å². The van der Waals surface area contributed by atoms with E-state index in [1.807, 2.05) is 23.9 Å². The van der Waals surface area contributed by atoms with E-state index in [1.165, 1.54) is 4.90 Å². The van der Waals surface area contributed by atoms with E-state index in [4.69, 9.17) is 4.52 Å². The van der Waals surface area contributed by atoms with Gasteiger partial charge in [-0.2, -0.15) is 4.98 Å². The molecule has 5 heteroatoms. The van der Waals surface area contributed by atoms with E-state index in [1.54, 1.807) is 0 Å². The lowest BCUT2D eigenvalue weighted by molar-refractivity contribution is 0.355. The molecule has 114 valence electrons. The SMILES string of the molecule is CCNC(CC)Cc1nc(-c2ccc(SCC)cc2)no1. The summed E-state index contributed by atoms with van der Waals surface area (Å²) in [6.07, 6.45) is 1.83. The first-order valence-corrected chi connectivity index (χ1v) is 8.54. The molecule has 1 N–H and O–H groups in total. The predicted molar refractivity (Wildman–Crippen MR) is 87.6 cm³/mol. The van der Waals surface area contributed by atoms with Crippen molar-refractivity contribution in [3.8, 4) is 11.4 Å². The lowest BCUT2D eigenvalue weighted by Gasteiger charge is -2.12. The summed E-state index contributed by atoms with van der Waals surface area (Å²) in [6, 6.07) is 8.70. The molecular weight excluding hydrogens is 282 g/mol. The van der Waals surface area contributed by atoms with Crippen molar-refractivity contribution in [2.24, 2.45) is 0 Å². The van der Waals surface area contributed by atoms with Crippen LogP contribution in [0, 0.1) is 0 Å². The summed E-state index contributed by atoms with van der Waals surface area (Å²) >= 11 is 1.83. The molecule has 21 heavy (non-hydrogen) atoms. The van der Waals surface area contributed by atoms with Crippen LogP contribution in [-0.2, 0) is 6.42 Å². The van der Waals surface area contributed by atoms with E-state index in [9.17, 15) is 0 Å². The Bertz CT molecular complexity index is 539. The number of rotatable bonds is 8. The first-order chi connectivity index (χ1) is 10.3. The Morgan fingerprint density at radius 3 is 2.57 bits per heavy atom. The van der Waals surface area contributed by atoms with Crippen LogP contribution in [-0.4, -0.2) is 28.5 Å². The average Bonchev–Trinajstić information content (AvgIpc) is 2.96. The summed E-state index contributed by atoms with van der Waals surface area (Å²) in [7, 11) is 0. The quantitative estimate of drug-likeness (QED) is 0.752. The zero-order chi connectivity index (χ0) is 15.1. The van der Waals surface area contributed by atoms with Gasteiger partial charge in [0.25, 0.3) is 0 Å². The van der Waals surface area contributed by atoms with Gasteiger partial charge in [-0.3, -0.25) is 0 Å². The fourth-order valence-corrected chi connectivity index (χ4v) is 2.84. The molecule has 0 saturated carbocycles. The van der Waals surface area contributed by atoms with E-state index in [2.05, 4.69) is 48.4 Å². The molecule has 1 atom stereocenters. The molecule has 1 aromatic heterocycles. The molecule has 0 radical (unpaired) electrons. The largest absolute Gasteiger partial charge is 0.339 e. The van der Waals surface area contributed by atoms with Crippen LogP contribution in [0.2, 0.25) is 0 Å². The molecule has 0 bridgehead atoms. The summed E-state index contributed by atoms with van der Waals surface area (Å²) in [5.74, 6) is 2.45. The van der Waals surface area contributed by atoms with Gasteiger partial charge in [-0.25, -0.2) is 0 Å². The number of nitrogens with zero attached hydrogens (tertiary/aromatic N) is 2. The van der Waals surface area contributed by atoms with Gasteiger partial charge in [0.2, 0.25) is 11.7 Å². The third kappa shape index (κ3) is 4.58. The summed E-state index contributed by atoms with van der Waals surface area (Å²) < 4.78 is 5.37. The lowest BCUT2D eigenvalue weighted by atomic mass is 10.1. The van der Waals surface area contributed by atoms with E-state index < -0.39 is 0 Å². The van der Waals surface area contributed by atoms with Crippen LogP contribution in [0.4, 0.5) is 0 Å². The zero-order valence-electron chi connectivity index (χ0n) is 12.9. The third-order valence-electron chi connectivity index (χ3n) is 3.30. The van der Waals surface area contributed by atoms with Crippen LogP contribution in [0.3, 0.4) is 0 Å². The van der Waals surface area contributed by atoms with Gasteiger partial charge in [0.1, 0.15) is 0 Å². The molecular formula is C16H23N3OS. The second kappa shape index (κ2) is 8.20. The summed E-state index contributed by atoms with van der Waals surface area (Å²) in [6.45, 7) is 7.38. The second-order valence-corrected chi connectivity index (χ2v) is 6.17. The number of nitrogens with one attached hydrogen (secondary N) is 1. The van der Waals surface area contributed by atoms with Crippen molar-refractivity contribution in [2.75, 3.05) is 12.3 Å². The normalized spacial score (nSPS) is 12.5. The molecule has 1 aromatic carbocycles. The maximum absolute atomic E-state index is 5.37. The molecule has 2 aromatic rings.